The quantitative estimate of drug-likeness (QED) is 0.805. The monoisotopic (exact) mass is 309 g/mol. The minimum Gasteiger partial charge on any atom is -0.381 e. The highest BCUT2D eigenvalue weighted by Crippen LogP contribution is 2.20. The molecule has 0 bridgehead atoms. The van der Waals surface area contributed by atoms with Crippen molar-refractivity contribution in [3.8, 4) is 0 Å². The van der Waals surface area contributed by atoms with Gasteiger partial charge in [-0.15, -0.1) is 0 Å². The van der Waals surface area contributed by atoms with Crippen molar-refractivity contribution in [3.05, 3.63) is 46.3 Å². The van der Waals surface area contributed by atoms with Crippen LogP contribution in [0.2, 0.25) is 0 Å². The molecule has 0 unspecified atom stereocenters. The van der Waals surface area contributed by atoms with E-state index in [9.17, 15) is 0 Å². The lowest BCUT2D eigenvalue weighted by molar-refractivity contribution is 0.390. The minimum atomic E-state index is 0.681. The predicted octanol–water partition coefficient (Wildman–Crippen LogP) is 2.79. The van der Waals surface area contributed by atoms with Crippen LogP contribution in [0.4, 0.5) is 5.69 Å². The Hall–Kier alpha value is -1.33. The van der Waals surface area contributed by atoms with Crippen molar-refractivity contribution in [3.63, 3.8) is 0 Å². The first-order chi connectivity index (χ1) is 8.79. The second kappa shape index (κ2) is 6.56. The van der Waals surface area contributed by atoms with Gasteiger partial charge in [-0.1, -0.05) is 33.2 Å². The molecule has 0 aliphatic carbocycles. The topological polar surface area (TPSA) is 64.1 Å². The van der Waals surface area contributed by atoms with Gasteiger partial charge in [-0.05, 0) is 30.7 Å². The van der Waals surface area contributed by atoms with Crippen LogP contribution in [0.5, 0.6) is 0 Å². The van der Waals surface area contributed by atoms with Gasteiger partial charge in [0.1, 0.15) is 0 Å². The summed E-state index contributed by atoms with van der Waals surface area (Å²) < 4.78 is 6.35. The lowest BCUT2D eigenvalue weighted by atomic mass is 10.1. The van der Waals surface area contributed by atoms with Crippen LogP contribution in [-0.2, 0) is 6.42 Å². The highest BCUT2D eigenvalue weighted by Gasteiger charge is 2.08. The molecule has 0 radical (unpaired) electrons. The first-order valence-corrected chi connectivity index (χ1v) is 6.71. The molecule has 1 heterocycles. The molecule has 0 atom stereocenters. The molecule has 1 aromatic heterocycles. The standard InChI is InChI=1S/C13H16BrN3O/c14-11-4-2-10(3-5-11)8-13-12(9-17-18-13)16-7-1-6-15/h2-5,9,16H,1,6-8,15H2. The fourth-order valence-electron chi connectivity index (χ4n) is 1.65. The zero-order valence-corrected chi connectivity index (χ0v) is 11.6. The van der Waals surface area contributed by atoms with Crippen molar-refractivity contribution in [1.29, 1.82) is 0 Å². The summed E-state index contributed by atoms with van der Waals surface area (Å²) in [6.07, 6.45) is 3.38. The normalized spacial score (nSPS) is 10.6. The molecular formula is C13H16BrN3O. The van der Waals surface area contributed by atoms with Gasteiger partial charge in [0, 0.05) is 17.4 Å². The highest BCUT2D eigenvalue weighted by atomic mass is 79.9. The zero-order chi connectivity index (χ0) is 12.8. The molecule has 96 valence electrons. The molecule has 1 aromatic carbocycles. The van der Waals surface area contributed by atoms with Gasteiger partial charge in [-0.2, -0.15) is 0 Å². The number of anilines is 1. The summed E-state index contributed by atoms with van der Waals surface area (Å²) in [5.74, 6) is 0.856. The minimum absolute atomic E-state index is 0.681. The summed E-state index contributed by atoms with van der Waals surface area (Å²) in [7, 11) is 0. The van der Waals surface area contributed by atoms with Gasteiger partial charge >= 0.3 is 0 Å². The number of nitrogens with zero attached hydrogens (tertiary/aromatic N) is 1. The third-order valence-electron chi connectivity index (χ3n) is 2.62. The smallest absolute Gasteiger partial charge is 0.164 e. The van der Waals surface area contributed by atoms with Crippen LogP contribution < -0.4 is 11.1 Å². The summed E-state index contributed by atoms with van der Waals surface area (Å²) in [6, 6.07) is 8.17. The molecule has 3 N–H and O–H groups in total. The van der Waals surface area contributed by atoms with E-state index in [1.807, 2.05) is 12.1 Å². The molecule has 0 spiro atoms. The van der Waals surface area contributed by atoms with E-state index in [4.69, 9.17) is 10.3 Å². The Morgan fingerprint density at radius 1 is 1.28 bits per heavy atom. The molecular weight excluding hydrogens is 294 g/mol. The largest absolute Gasteiger partial charge is 0.381 e. The van der Waals surface area contributed by atoms with Gasteiger partial charge in [0.15, 0.2) is 5.76 Å². The number of rotatable bonds is 6. The SMILES string of the molecule is NCCCNc1cnoc1Cc1ccc(Br)cc1. The van der Waals surface area contributed by atoms with Crippen molar-refractivity contribution < 1.29 is 4.52 Å². The van der Waals surface area contributed by atoms with E-state index in [0.29, 0.717) is 6.54 Å². The van der Waals surface area contributed by atoms with Gasteiger partial charge in [0.05, 0.1) is 11.9 Å². The van der Waals surface area contributed by atoms with Crippen LogP contribution in [0.15, 0.2) is 39.5 Å². The van der Waals surface area contributed by atoms with E-state index < -0.39 is 0 Å². The van der Waals surface area contributed by atoms with Crippen LogP contribution in [-0.4, -0.2) is 18.2 Å². The van der Waals surface area contributed by atoms with Crippen LogP contribution in [0.3, 0.4) is 0 Å². The third-order valence-corrected chi connectivity index (χ3v) is 3.15. The first-order valence-electron chi connectivity index (χ1n) is 5.91. The maximum atomic E-state index is 5.46. The van der Waals surface area contributed by atoms with Crippen LogP contribution in [0, 0.1) is 0 Å². The number of nitrogens with two attached hydrogens (primary N) is 1. The number of hydrogen-bond acceptors (Lipinski definition) is 4. The lowest BCUT2D eigenvalue weighted by Crippen LogP contribution is -2.08. The van der Waals surface area contributed by atoms with Crippen molar-refractivity contribution >= 4 is 21.6 Å². The predicted molar refractivity (Wildman–Crippen MR) is 75.6 cm³/mol. The zero-order valence-electron chi connectivity index (χ0n) is 10.0. The van der Waals surface area contributed by atoms with E-state index in [1.54, 1.807) is 6.20 Å². The number of hydrogen-bond donors (Lipinski definition) is 2. The van der Waals surface area contributed by atoms with Crippen molar-refractivity contribution in [1.82, 2.24) is 5.16 Å². The molecule has 0 saturated carbocycles. The van der Waals surface area contributed by atoms with Gasteiger partial charge < -0.3 is 15.6 Å². The Morgan fingerprint density at radius 2 is 2.06 bits per heavy atom. The van der Waals surface area contributed by atoms with E-state index in [1.165, 1.54) is 5.56 Å². The van der Waals surface area contributed by atoms with E-state index in [2.05, 4.69) is 38.5 Å². The average Bonchev–Trinajstić information content (AvgIpc) is 2.80. The van der Waals surface area contributed by atoms with E-state index >= 15 is 0 Å². The Labute approximate surface area is 115 Å². The van der Waals surface area contributed by atoms with Gasteiger partial charge in [-0.3, -0.25) is 0 Å². The Morgan fingerprint density at radius 3 is 2.78 bits per heavy atom. The third kappa shape index (κ3) is 3.58. The molecule has 4 nitrogen and oxygen atoms in total. The summed E-state index contributed by atoms with van der Waals surface area (Å²) in [6.45, 7) is 1.52. The fourth-order valence-corrected chi connectivity index (χ4v) is 1.91. The second-order valence-corrected chi connectivity index (χ2v) is 4.95. The highest BCUT2D eigenvalue weighted by molar-refractivity contribution is 9.10. The van der Waals surface area contributed by atoms with Crippen LogP contribution >= 0.6 is 15.9 Å². The Bertz CT molecular complexity index is 481. The van der Waals surface area contributed by atoms with Crippen LogP contribution in [0.1, 0.15) is 17.7 Å². The number of aromatic nitrogens is 1. The molecule has 0 fully saturated rings. The Balaban J connectivity index is 2.00. The molecule has 0 aliphatic heterocycles. The lowest BCUT2D eigenvalue weighted by Gasteiger charge is -2.04. The van der Waals surface area contributed by atoms with Gasteiger partial charge in [-0.25, -0.2) is 0 Å². The van der Waals surface area contributed by atoms with Crippen LogP contribution in [0.25, 0.3) is 0 Å². The van der Waals surface area contributed by atoms with E-state index in [0.717, 1.165) is 35.3 Å². The molecule has 2 aromatic rings. The maximum Gasteiger partial charge on any atom is 0.164 e. The Kier molecular flexibility index (Phi) is 4.78. The number of halogens is 1. The second-order valence-electron chi connectivity index (χ2n) is 4.03. The van der Waals surface area contributed by atoms with Crippen molar-refractivity contribution in [2.45, 2.75) is 12.8 Å². The molecule has 0 saturated heterocycles. The van der Waals surface area contributed by atoms with Crippen molar-refractivity contribution in [2.24, 2.45) is 5.73 Å². The van der Waals surface area contributed by atoms with Gasteiger partial charge in [0.2, 0.25) is 0 Å². The molecule has 5 heteroatoms. The first kappa shape index (κ1) is 13.1. The molecule has 0 aliphatic rings. The fraction of sp³-hybridized carbons (Fsp3) is 0.308. The summed E-state index contributed by atoms with van der Waals surface area (Å²) >= 11 is 3.42. The molecule has 0 amide bonds. The van der Waals surface area contributed by atoms with Gasteiger partial charge in [0.25, 0.3) is 0 Å². The van der Waals surface area contributed by atoms with E-state index in [-0.39, 0.29) is 0 Å². The number of nitrogens with one attached hydrogen (secondary N) is 1. The maximum absolute atomic E-state index is 5.46. The summed E-state index contributed by atoms with van der Waals surface area (Å²) in [5.41, 5.74) is 7.60. The summed E-state index contributed by atoms with van der Waals surface area (Å²) in [4.78, 5) is 0. The van der Waals surface area contributed by atoms with Crippen molar-refractivity contribution in [2.75, 3.05) is 18.4 Å². The summed E-state index contributed by atoms with van der Waals surface area (Å²) in [5, 5.41) is 7.12. The average molecular weight is 310 g/mol. The molecule has 18 heavy (non-hydrogen) atoms. The number of benzene rings is 1. The molecule has 2 rings (SSSR count).